The van der Waals surface area contributed by atoms with Gasteiger partial charge in [-0.2, -0.15) is 4.98 Å². The van der Waals surface area contributed by atoms with Gasteiger partial charge in [-0.25, -0.2) is 0 Å². The minimum absolute atomic E-state index is 0.558. The number of nitrogens with zero attached hydrogens (tertiary/aromatic N) is 2. The van der Waals surface area contributed by atoms with Gasteiger partial charge in [0.2, 0.25) is 5.82 Å². The van der Waals surface area contributed by atoms with Crippen LogP contribution < -0.4 is 5.32 Å². The van der Waals surface area contributed by atoms with Crippen molar-refractivity contribution in [2.24, 2.45) is 0 Å². The van der Waals surface area contributed by atoms with E-state index in [0.29, 0.717) is 11.7 Å². The van der Waals surface area contributed by atoms with Crippen LogP contribution in [0.5, 0.6) is 0 Å². The third kappa shape index (κ3) is 2.18. The molecule has 0 radical (unpaired) electrons. The second kappa shape index (κ2) is 4.74. The SMILES string of the molecule is Cc1cccc(-c2noc(-c3ccc4c(c3)NCC4)n2)c1. The number of fused-ring (bicyclic) bond motifs is 1. The first-order chi connectivity index (χ1) is 10.3. The van der Waals surface area contributed by atoms with E-state index in [1.165, 1.54) is 16.8 Å². The van der Waals surface area contributed by atoms with Crippen molar-refractivity contribution in [1.29, 1.82) is 0 Å². The largest absolute Gasteiger partial charge is 0.384 e. The van der Waals surface area contributed by atoms with Crippen molar-refractivity contribution in [3.63, 3.8) is 0 Å². The fourth-order valence-corrected chi connectivity index (χ4v) is 2.67. The number of aryl methyl sites for hydroxylation is 1. The molecule has 4 heteroatoms. The Bertz CT molecular complexity index is 807. The minimum atomic E-state index is 0.558. The molecule has 3 aromatic rings. The van der Waals surface area contributed by atoms with Crippen molar-refractivity contribution in [1.82, 2.24) is 10.1 Å². The van der Waals surface area contributed by atoms with E-state index in [2.05, 4.69) is 46.6 Å². The topological polar surface area (TPSA) is 51.0 Å². The lowest BCUT2D eigenvalue weighted by molar-refractivity contribution is 0.432. The molecule has 1 aliphatic rings. The lowest BCUT2D eigenvalue weighted by Gasteiger charge is -2.00. The number of rotatable bonds is 2. The van der Waals surface area contributed by atoms with Crippen molar-refractivity contribution >= 4 is 5.69 Å². The first-order valence-electron chi connectivity index (χ1n) is 7.07. The third-order valence-electron chi connectivity index (χ3n) is 3.77. The Balaban J connectivity index is 1.71. The number of hydrogen-bond donors (Lipinski definition) is 1. The van der Waals surface area contributed by atoms with Crippen LogP contribution in [-0.4, -0.2) is 16.7 Å². The molecule has 4 nitrogen and oxygen atoms in total. The van der Waals surface area contributed by atoms with E-state index >= 15 is 0 Å². The number of anilines is 1. The molecule has 0 bridgehead atoms. The molecule has 0 fully saturated rings. The Morgan fingerprint density at radius 2 is 2.05 bits per heavy atom. The highest BCUT2D eigenvalue weighted by Crippen LogP contribution is 2.29. The van der Waals surface area contributed by atoms with Gasteiger partial charge in [0.15, 0.2) is 0 Å². The lowest BCUT2D eigenvalue weighted by Crippen LogP contribution is -1.91. The van der Waals surface area contributed by atoms with E-state index < -0.39 is 0 Å². The molecule has 4 rings (SSSR count). The summed E-state index contributed by atoms with van der Waals surface area (Å²) >= 11 is 0. The van der Waals surface area contributed by atoms with Crippen LogP contribution in [0, 0.1) is 6.92 Å². The Hall–Kier alpha value is -2.62. The molecule has 1 aliphatic heterocycles. The molecule has 0 aliphatic carbocycles. The monoisotopic (exact) mass is 277 g/mol. The van der Waals surface area contributed by atoms with E-state index in [1.54, 1.807) is 0 Å². The highest BCUT2D eigenvalue weighted by molar-refractivity contribution is 5.68. The standard InChI is InChI=1S/C17H15N3O/c1-11-3-2-4-13(9-11)16-19-17(21-20-16)14-6-5-12-7-8-18-15(12)10-14/h2-6,9-10,18H,7-8H2,1H3. The average Bonchev–Trinajstić information content (AvgIpc) is 3.15. The van der Waals surface area contributed by atoms with Gasteiger partial charge in [0.1, 0.15) is 0 Å². The average molecular weight is 277 g/mol. The molecule has 1 aromatic heterocycles. The van der Waals surface area contributed by atoms with Crippen molar-refractivity contribution in [3.05, 3.63) is 53.6 Å². The first-order valence-corrected chi connectivity index (χ1v) is 7.07. The van der Waals surface area contributed by atoms with Crippen molar-refractivity contribution in [3.8, 4) is 22.8 Å². The molecule has 104 valence electrons. The third-order valence-corrected chi connectivity index (χ3v) is 3.77. The number of nitrogens with one attached hydrogen (secondary N) is 1. The molecule has 0 saturated heterocycles. The first kappa shape index (κ1) is 12.1. The maximum absolute atomic E-state index is 5.42. The summed E-state index contributed by atoms with van der Waals surface area (Å²) in [4.78, 5) is 4.51. The Morgan fingerprint density at radius 3 is 2.95 bits per heavy atom. The zero-order valence-electron chi connectivity index (χ0n) is 11.8. The number of hydrogen-bond acceptors (Lipinski definition) is 4. The molecule has 0 spiro atoms. The van der Waals surface area contributed by atoms with Gasteiger partial charge in [0.05, 0.1) is 0 Å². The van der Waals surface area contributed by atoms with Crippen molar-refractivity contribution in [2.75, 3.05) is 11.9 Å². The van der Waals surface area contributed by atoms with Crippen LogP contribution in [-0.2, 0) is 6.42 Å². The molecule has 0 atom stereocenters. The molecule has 21 heavy (non-hydrogen) atoms. The molecular weight excluding hydrogens is 262 g/mol. The van der Waals surface area contributed by atoms with E-state index in [0.717, 1.165) is 24.1 Å². The molecule has 1 N–H and O–H groups in total. The van der Waals surface area contributed by atoms with Crippen LogP contribution in [0.4, 0.5) is 5.69 Å². The highest BCUT2D eigenvalue weighted by Gasteiger charge is 2.15. The van der Waals surface area contributed by atoms with E-state index in [-0.39, 0.29) is 0 Å². The normalized spacial score (nSPS) is 13.0. The smallest absolute Gasteiger partial charge is 0.258 e. The second-order valence-electron chi connectivity index (χ2n) is 5.34. The molecular formula is C17H15N3O. The summed E-state index contributed by atoms with van der Waals surface area (Å²) in [7, 11) is 0. The van der Waals surface area contributed by atoms with Crippen LogP contribution in [0.25, 0.3) is 22.8 Å². The van der Waals surface area contributed by atoms with Gasteiger partial charge in [-0.15, -0.1) is 0 Å². The van der Waals surface area contributed by atoms with Crippen LogP contribution in [0.15, 0.2) is 47.0 Å². The Morgan fingerprint density at radius 1 is 1.10 bits per heavy atom. The molecule has 0 amide bonds. The summed E-state index contributed by atoms with van der Waals surface area (Å²) in [5.74, 6) is 1.19. The van der Waals surface area contributed by atoms with Gasteiger partial charge in [-0.3, -0.25) is 0 Å². The molecule has 2 heterocycles. The second-order valence-corrected chi connectivity index (χ2v) is 5.34. The zero-order chi connectivity index (χ0) is 14.2. The van der Waals surface area contributed by atoms with E-state index in [9.17, 15) is 0 Å². The van der Waals surface area contributed by atoms with Crippen molar-refractivity contribution in [2.45, 2.75) is 13.3 Å². The summed E-state index contributed by atoms with van der Waals surface area (Å²) in [5, 5.41) is 7.46. The molecule has 2 aromatic carbocycles. The molecule has 0 saturated carbocycles. The summed E-state index contributed by atoms with van der Waals surface area (Å²) in [6.07, 6.45) is 1.08. The maximum Gasteiger partial charge on any atom is 0.258 e. The summed E-state index contributed by atoms with van der Waals surface area (Å²) < 4.78 is 5.42. The van der Waals surface area contributed by atoms with Crippen LogP contribution in [0.2, 0.25) is 0 Å². The summed E-state index contributed by atoms with van der Waals surface area (Å²) in [6, 6.07) is 14.3. The van der Waals surface area contributed by atoms with Gasteiger partial charge >= 0.3 is 0 Å². The van der Waals surface area contributed by atoms with E-state index in [1.807, 2.05) is 18.2 Å². The van der Waals surface area contributed by atoms with Crippen LogP contribution >= 0.6 is 0 Å². The van der Waals surface area contributed by atoms with Crippen LogP contribution in [0.3, 0.4) is 0 Å². The number of benzene rings is 2. The highest BCUT2D eigenvalue weighted by atomic mass is 16.5. The molecule has 0 unspecified atom stereocenters. The van der Waals surface area contributed by atoms with E-state index in [4.69, 9.17) is 4.52 Å². The summed E-state index contributed by atoms with van der Waals surface area (Å²) in [5.41, 5.74) is 5.62. The fraction of sp³-hybridized carbons (Fsp3) is 0.176. The zero-order valence-corrected chi connectivity index (χ0v) is 11.8. The van der Waals surface area contributed by atoms with Gasteiger partial charge in [-0.05, 0) is 37.1 Å². The van der Waals surface area contributed by atoms with Gasteiger partial charge in [0.25, 0.3) is 5.89 Å². The fourth-order valence-electron chi connectivity index (χ4n) is 2.67. The predicted octanol–water partition coefficient (Wildman–Crippen LogP) is 3.68. The maximum atomic E-state index is 5.42. The lowest BCUT2D eigenvalue weighted by atomic mass is 10.1. The van der Waals surface area contributed by atoms with Gasteiger partial charge in [-0.1, -0.05) is 35.0 Å². The van der Waals surface area contributed by atoms with Gasteiger partial charge in [0, 0.05) is 23.4 Å². The number of aromatic nitrogens is 2. The Kier molecular flexibility index (Phi) is 2.74. The summed E-state index contributed by atoms with van der Waals surface area (Å²) in [6.45, 7) is 3.05. The quantitative estimate of drug-likeness (QED) is 0.776. The minimum Gasteiger partial charge on any atom is -0.384 e. The van der Waals surface area contributed by atoms with Gasteiger partial charge < -0.3 is 9.84 Å². The predicted molar refractivity (Wildman–Crippen MR) is 82.1 cm³/mol. The Labute approximate surface area is 122 Å². The van der Waals surface area contributed by atoms with Crippen molar-refractivity contribution < 1.29 is 4.52 Å². The van der Waals surface area contributed by atoms with Crippen LogP contribution in [0.1, 0.15) is 11.1 Å².